The molecule has 2 rings (SSSR count). The second kappa shape index (κ2) is 7.43. The molecule has 5 heteroatoms. The highest BCUT2D eigenvalue weighted by atomic mass is 16.1. The fourth-order valence-corrected chi connectivity index (χ4v) is 2.69. The first-order valence-corrected chi connectivity index (χ1v) is 7.76. The van der Waals surface area contributed by atoms with Crippen LogP contribution >= 0.6 is 0 Å². The molecule has 0 aliphatic carbocycles. The molecule has 1 N–H and O–H groups in total. The number of hydrogen-bond donors (Lipinski definition) is 1. The smallest absolute Gasteiger partial charge is 0.268 e. The Morgan fingerprint density at radius 1 is 1.40 bits per heavy atom. The van der Waals surface area contributed by atoms with Crippen molar-refractivity contribution in [2.45, 2.75) is 52.1 Å². The van der Waals surface area contributed by atoms with Gasteiger partial charge in [-0.05, 0) is 26.2 Å². The fourth-order valence-electron chi connectivity index (χ4n) is 2.69. The largest absolute Gasteiger partial charge is 0.370 e. The third-order valence-electron chi connectivity index (χ3n) is 3.86. The Morgan fingerprint density at radius 3 is 2.80 bits per heavy atom. The molecule has 20 heavy (non-hydrogen) atoms. The van der Waals surface area contributed by atoms with Crippen LogP contribution in [0.4, 0.5) is 5.69 Å². The van der Waals surface area contributed by atoms with Gasteiger partial charge in [-0.2, -0.15) is 5.10 Å². The van der Waals surface area contributed by atoms with Crippen molar-refractivity contribution in [2.75, 3.05) is 24.5 Å². The van der Waals surface area contributed by atoms with Gasteiger partial charge in [0.2, 0.25) is 0 Å². The molecule has 1 atom stereocenters. The van der Waals surface area contributed by atoms with Crippen molar-refractivity contribution in [1.82, 2.24) is 15.1 Å². The summed E-state index contributed by atoms with van der Waals surface area (Å²) in [5.74, 6) is 0. The van der Waals surface area contributed by atoms with Crippen LogP contribution in [0.1, 0.15) is 39.5 Å². The van der Waals surface area contributed by atoms with Crippen LogP contribution in [0, 0.1) is 0 Å². The second-order valence-corrected chi connectivity index (χ2v) is 5.61. The first-order valence-electron chi connectivity index (χ1n) is 7.76. The molecule has 0 spiro atoms. The van der Waals surface area contributed by atoms with Crippen LogP contribution in [0.2, 0.25) is 0 Å². The average Bonchev–Trinajstić information content (AvgIpc) is 2.95. The molecule has 0 radical (unpaired) electrons. The zero-order valence-corrected chi connectivity index (χ0v) is 12.6. The molecule has 1 saturated heterocycles. The van der Waals surface area contributed by atoms with Crippen LogP contribution in [0.5, 0.6) is 0 Å². The average molecular weight is 278 g/mol. The van der Waals surface area contributed by atoms with Crippen molar-refractivity contribution < 1.29 is 0 Å². The number of rotatable bonds is 7. The number of aromatic nitrogens is 2. The van der Waals surface area contributed by atoms with Gasteiger partial charge in [-0.15, -0.1) is 0 Å². The molecule has 0 bridgehead atoms. The molecular formula is C15H26N4O. The number of nitrogens with zero attached hydrogens (tertiary/aromatic N) is 3. The van der Waals surface area contributed by atoms with E-state index in [1.807, 2.05) is 6.20 Å². The summed E-state index contributed by atoms with van der Waals surface area (Å²) in [6.07, 6.45) is 6.58. The minimum atomic E-state index is -0.000607. The van der Waals surface area contributed by atoms with Gasteiger partial charge in [0.1, 0.15) is 0 Å². The Labute approximate surface area is 121 Å². The summed E-state index contributed by atoms with van der Waals surface area (Å²) < 4.78 is 1.55. The fraction of sp³-hybridized carbons (Fsp3) is 0.733. The molecule has 1 aromatic rings. The minimum Gasteiger partial charge on any atom is -0.370 e. The van der Waals surface area contributed by atoms with E-state index in [9.17, 15) is 4.79 Å². The predicted molar refractivity (Wildman–Crippen MR) is 82.3 cm³/mol. The van der Waals surface area contributed by atoms with Crippen LogP contribution in [-0.2, 0) is 6.54 Å². The quantitative estimate of drug-likeness (QED) is 0.823. The molecule has 1 aliphatic rings. The third-order valence-corrected chi connectivity index (χ3v) is 3.86. The van der Waals surface area contributed by atoms with Gasteiger partial charge < -0.3 is 10.2 Å². The van der Waals surface area contributed by atoms with Gasteiger partial charge in [0.05, 0.1) is 18.4 Å². The number of anilines is 1. The summed E-state index contributed by atoms with van der Waals surface area (Å²) >= 11 is 0. The van der Waals surface area contributed by atoms with E-state index in [4.69, 9.17) is 0 Å². The zero-order chi connectivity index (χ0) is 14.4. The van der Waals surface area contributed by atoms with Crippen LogP contribution in [-0.4, -0.2) is 35.5 Å². The van der Waals surface area contributed by atoms with Gasteiger partial charge in [0.15, 0.2) is 0 Å². The van der Waals surface area contributed by atoms with Crippen LogP contribution in [0.15, 0.2) is 17.1 Å². The summed E-state index contributed by atoms with van der Waals surface area (Å²) in [5.41, 5.74) is 0.968. The first kappa shape index (κ1) is 15.0. The zero-order valence-electron chi connectivity index (χ0n) is 12.6. The highest BCUT2D eigenvalue weighted by Crippen LogP contribution is 2.16. The van der Waals surface area contributed by atoms with Gasteiger partial charge in [0, 0.05) is 31.7 Å². The van der Waals surface area contributed by atoms with Crippen molar-refractivity contribution in [2.24, 2.45) is 0 Å². The Bertz CT molecular complexity index is 465. The molecule has 0 saturated carbocycles. The molecule has 1 unspecified atom stereocenters. The number of hydrogen-bond acceptors (Lipinski definition) is 4. The van der Waals surface area contributed by atoms with Crippen LogP contribution in [0.25, 0.3) is 0 Å². The Balaban J connectivity index is 1.88. The minimum absolute atomic E-state index is 0.000607. The number of nitrogens with one attached hydrogen (secondary N) is 1. The summed E-state index contributed by atoms with van der Waals surface area (Å²) in [4.78, 5) is 14.3. The van der Waals surface area contributed by atoms with E-state index in [0.29, 0.717) is 12.6 Å². The monoisotopic (exact) mass is 278 g/mol. The van der Waals surface area contributed by atoms with Crippen LogP contribution in [0.3, 0.4) is 0 Å². The maximum absolute atomic E-state index is 12.0. The topological polar surface area (TPSA) is 50.2 Å². The third kappa shape index (κ3) is 4.07. The van der Waals surface area contributed by atoms with E-state index in [1.165, 1.54) is 19.3 Å². The Kier molecular flexibility index (Phi) is 5.59. The SMILES string of the molecule is CCCC(C)NCCn1ncc(N2CCCC2)cc1=O. The molecule has 1 fully saturated rings. The van der Waals surface area contributed by atoms with Gasteiger partial charge in [-0.25, -0.2) is 4.68 Å². The Morgan fingerprint density at radius 2 is 2.15 bits per heavy atom. The van der Waals surface area contributed by atoms with E-state index in [2.05, 4.69) is 29.2 Å². The molecular weight excluding hydrogens is 252 g/mol. The summed E-state index contributed by atoms with van der Waals surface area (Å²) in [6, 6.07) is 2.22. The molecule has 5 nitrogen and oxygen atoms in total. The van der Waals surface area contributed by atoms with E-state index >= 15 is 0 Å². The molecule has 1 aromatic heterocycles. The molecule has 2 heterocycles. The molecule has 0 aromatic carbocycles. The highest BCUT2D eigenvalue weighted by molar-refractivity contribution is 5.43. The van der Waals surface area contributed by atoms with E-state index < -0.39 is 0 Å². The predicted octanol–water partition coefficient (Wildman–Crippen LogP) is 1.62. The lowest BCUT2D eigenvalue weighted by Crippen LogP contribution is -2.33. The van der Waals surface area contributed by atoms with E-state index in [1.54, 1.807) is 10.7 Å². The summed E-state index contributed by atoms with van der Waals surface area (Å²) in [7, 11) is 0. The Hall–Kier alpha value is -1.36. The summed E-state index contributed by atoms with van der Waals surface area (Å²) in [6.45, 7) is 7.87. The highest BCUT2D eigenvalue weighted by Gasteiger charge is 2.13. The molecule has 112 valence electrons. The van der Waals surface area contributed by atoms with Crippen molar-refractivity contribution >= 4 is 5.69 Å². The van der Waals surface area contributed by atoms with Gasteiger partial charge in [-0.3, -0.25) is 4.79 Å². The van der Waals surface area contributed by atoms with Crippen molar-refractivity contribution in [3.8, 4) is 0 Å². The normalized spacial score (nSPS) is 16.6. The van der Waals surface area contributed by atoms with Crippen molar-refractivity contribution in [3.05, 3.63) is 22.6 Å². The maximum Gasteiger partial charge on any atom is 0.268 e. The van der Waals surface area contributed by atoms with Gasteiger partial charge in [-0.1, -0.05) is 13.3 Å². The standard InChI is InChI=1S/C15H26N4O/c1-3-6-13(2)16-7-10-19-15(20)11-14(12-17-19)18-8-4-5-9-18/h11-13,16H,3-10H2,1-2H3. The lowest BCUT2D eigenvalue weighted by atomic mass is 10.2. The summed E-state index contributed by atoms with van der Waals surface area (Å²) in [5, 5.41) is 7.71. The van der Waals surface area contributed by atoms with Crippen LogP contribution < -0.4 is 15.8 Å². The van der Waals surface area contributed by atoms with E-state index in [-0.39, 0.29) is 5.56 Å². The molecule has 0 amide bonds. The van der Waals surface area contributed by atoms with Gasteiger partial charge in [0.25, 0.3) is 5.56 Å². The van der Waals surface area contributed by atoms with Gasteiger partial charge >= 0.3 is 0 Å². The van der Waals surface area contributed by atoms with E-state index in [0.717, 1.165) is 31.7 Å². The van der Waals surface area contributed by atoms with Crippen molar-refractivity contribution in [3.63, 3.8) is 0 Å². The maximum atomic E-state index is 12.0. The molecule has 1 aliphatic heterocycles. The first-order chi connectivity index (χ1) is 9.70. The van der Waals surface area contributed by atoms with Crippen molar-refractivity contribution in [1.29, 1.82) is 0 Å². The second-order valence-electron chi connectivity index (χ2n) is 5.61. The lowest BCUT2D eigenvalue weighted by molar-refractivity contribution is 0.463. The lowest BCUT2D eigenvalue weighted by Gasteiger charge is -2.17.